The second kappa shape index (κ2) is 3.93. The van der Waals surface area contributed by atoms with E-state index in [1.807, 2.05) is 0 Å². The van der Waals surface area contributed by atoms with Gasteiger partial charge in [-0.2, -0.15) is 0 Å². The zero-order valence-electron chi connectivity index (χ0n) is 9.13. The molecule has 1 aliphatic carbocycles. The molecule has 0 radical (unpaired) electrons. The smallest absolute Gasteiger partial charge is 0.0435 e. The summed E-state index contributed by atoms with van der Waals surface area (Å²) in [5.74, 6) is 0. The first-order chi connectivity index (χ1) is 7.43. The number of nitrogens with one attached hydrogen (secondary N) is 1. The maximum atomic E-state index is 4.62. The van der Waals surface area contributed by atoms with Gasteiger partial charge in [-0.1, -0.05) is 6.07 Å². The molecular formula is C13H18N2. The topological polar surface area (TPSA) is 24.9 Å². The van der Waals surface area contributed by atoms with E-state index in [4.69, 9.17) is 0 Å². The molecule has 80 valence electrons. The largest absolute Gasteiger partial charge is 0.310 e. The zero-order valence-corrected chi connectivity index (χ0v) is 9.13. The molecule has 0 bridgehead atoms. The monoisotopic (exact) mass is 202 g/mol. The molecule has 0 amide bonds. The molecule has 2 heterocycles. The van der Waals surface area contributed by atoms with Crippen LogP contribution in [-0.4, -0.2) is 11.5 Å². The van der Waals surface area contributed by atoms with Gasteiger partial charge in [-0.15, -0.1) is 0 Å². The first-order valence-corrected chi connectivity index (χ1v) is 6.14. The first-order valence-electron chi connectivity index (χ1n) is 6.14. The van der Waals surface area contributed by atoms with Crippen LogP contribution < -0.4 is 5.32 Å². The van der Waals surface area contributed by atoms with Gasteiger partial charge >= 0.3 is 0 Å². The Hall–Kier alpha value is -0.890. The molecular weight excluding hydrogens is 184 g/mol. The Morgan fingerprint density at radius 2 is 2.13 bits per heavy atom. The quantitative estimate of drug-likeness (QED) is 0.756. The highest BCUT2D eigenvalue weighted by atomic mass is 14.9. The van der Waals surface area contributed by atoms with Crippen LogP contribution in [0.15, 0.2) is 12.3 Å². The third-order valence-electron chi connectivity index (χ3n) is 3.65. The van der Waals surface area contributed by atoms with E-state index >= 15 is 0 Å². The summed E-state index contributed by atoms with van der Waals surface area (Å²) >= 11 is 0. The molecule has 2 heteroatoms. The Morgan fingerprint density at radius 1 is 1.20 bits per heavy atom. The van der Waals surface area contributed by atoms with Gasteiger partial charge in [0.15, 0.2) is 0 Å². The Labute approximate surface area is 91.1 Å². The maximum Gasteiger partial charge on any atom is 0.0435 e. The van der Waals surface area contributed by atoms with Crippen molar-refractivity contribution in [3.05, 3.63) is 29.1 Å². The van der Waals surface area contributed by atoms with Crippen molar-refractivity contribution in [2.24, 2.45) is 0 Å². The van der Waals surface area contributed by atoms with E-state index in [9.17, 15) is 0 Å². The van der Waals surface area contributed by atoms with Crippen LogP contribution in [-0.2, 0) is 12.8 Å². The van der Waals surface area contributed by atoms with Gasteiger partial charge in [0.25, 0.3) is 0 Å². The third-order valence-corrected chi connectivity index (χ3v) is 3.65. The molecule has 15 heavy (non-hydrogen) atoms. The van der Waals surface area contributed by atoms with Gasteiger partial charge in [0.1, 0.15) is 0 Å². The molecule has 1 aromatic rings. The molecule has 1 saturated heterocycles. The number of nitrogens with zero attached hydrogens (tertiary/aromatic N) is 1. The lowest BCUT2D eigenvalue weighted by molar-refractivity contribution is 0.628. The van der Waals surface area contributed by atoms with Crippen LogP contribution in [0.2, 0.25) is 0 Å². The Balaban J connectivity index is 1.89. The fraction of sp³-hybridized carbons (Fsp3) is 0.615. The van der Waals surface area contributed by atoms with Crippen molar-refractivity contribution in [1.29, 1.82) is 0 Å². The van der Waals surface area contributed by atoms with Crippen LogP contribution in [0.5, 0.6) is 0 Å². The summed E-state index contributed by atoms with van der Waals surface area (Å²) in [5, 5.41) is 3.54. The summed E-state index contributed by atoms with van der Waals surface area (Å²) in [7, 11) is 0. The van der Waals surface area contributed by atoms with Crippen molar-refractivity contribution >= 4 is 0 Å². The lowest BCUT2D eigenvalue weighted by Crippen LogP contribution is -2.15. The average molecular weight is 202 g/mol. The number of pyridine rings is 1. The number of rotatable bonds is 1. The highest BCUT2D eigenvalue weighted by Crippen LogP contribution is 2.26. The van der Waals surface area contributed by atoms with Crippen LogP contribution in [0.4, 0.5) is 0 Å². The molecule has 1 fully saturated rings. The lowest BCUT2D eigenvalue weighted by atomic mass is 9.93. The molecule has 2 nitrogen and oxygen atoms in total. The van der Waals surface area contributed by atoms with Crippen LogP contribution in [0, 0.1) is 0 Å². The minimum atomic E-state index is 0.574. The second-order valence-corrected chi connectivity index (χ2v) is 4.73. The predicted octanol–water partition coefficient (Wildman–Crippen LogP) is 2.38. The Bertz CT molecular complexity index is 354. The highest BCUT2D eigenvalue weighted by molar-refractivity contribution is 5.29. The van der Waals surface area contributed by atoms with Crippen molar-refractivity contribution in [1.82, 2.24) is 10.3 Å². The minimum Gasteiger partial charge on any atom is -0.310 e. The van der Waals surface area contributed by atoms with Gasteiger partial charge in [0.05, 0.1) is 0 Å². The van der Waals surface area contributed by atoms with E-state index in [1.54, 1.807) is 0 Å². The molecule has 1 aliphatic heterocycles. The van der Waals surface area contributed by atoms with E-state index in [2.05, 4.69) is 22.6 Å². The summed E-state index contributed by atoms with van der Waals surface area (Å²) in [6.07, 6.45) is 9.77. The molecule has 3 rings (SSSR count). The number of fused-ring (bicyclic) bond motifs is 1. The van der Waals surface area contributed by atoms with Crippen molar-refractivity contribution in [2.45, 2.75) is 44.6 Å². The van der Waals surface area contributed by atoms with Gasteiger partial charge in [-0.25, -0.2) is 0 Å². The third kappa shape index (κ3) is 1.78. The maximum absolute atomic E-state index is 4.62. The number of hydrogen-bond acceptors (Lipinski definition) is 2. The Kier molecular flexibility index (Phi) is 2.45. The second-order valence-electron chi connectivity index (χ2n) is 4.73. The fourth-order valence-electron chi connectivity index (χ4n) is 2.77. The zero-order chi connectivity index (χ0) is 10.1. The van der Waals surface area contributed by atoms with Crippen molar-refractivity contribution in [3.8, 4) is 0 Å². The summed E-state index contributed by atoms with van der Waals surface area (Å²) in [6.45, 7) is 1.17. The van der Waals surface area contributed by atoms with E-state index in [1.165, 1.54) is 61.9 Å². The van der Waals surface area contributed by atoms with Crippen LogP contribution in [0.1, 0.15) is 48.5 Å². The highest BCUT2D eigenvalue weighted by Gasteiger charge is 2.18. The van der Waals surface area contributed by atoms with Gasteiger partial charge in [-0.3, -0.25) is 4.98 Å². The predicted molar refractivity (Wildman–Crippen MR) is 60.9 cm³/mol. The van der Waals surface area contributed by atoms with E-state index in [0.29, 0.717) is 6.04 Å². The van der Waals surface area contributed by atoms with Gasteiger partial charge in [0, 0.05) is 17.9 Å². The Morgan fingerprint density at radius 3 is 3.00 bits per heavy atom. The van der Waals surface area contributed by atoms with Crippen LogP contribution in [0.25, 0.3) is 0 Å². The van der Waals surface area contributed by atoms with Crippen molar-refractivity contribution in [2.75, 3.05) is 6.54 Å². The minimum absolute atomic E-state index is 0.574. The number of hydrogen-bond donors (Lipinski definition) is 1. The summed E-state index contributed by atoms with van der Waals surface area (Å²) < 4.78 is 0. The van der Waals surface area contributed by atoms with Crippen LogP contribution in [0.3, 0.4) is 0 Å². The molecule has 1 N–H and O–H groups in total. The molecule has 1 aromatic heterocycles. The summed E-state index contributed by atoms with van der Waals surface area (Å²) in [6, 6.07) is 2.97. The SMILES string of the molecule is c1nc2c(cc1C1CCCN1)CCCC2. The fourth-order valence-corrected chi connectivity index (χ4v) is 2.77. The standard InChI is InChI=1S/C13H18N2/c1-2-5-12-10(4-1)8-11(9-15-12)13-6-3-7-14-13/h8-9,13-14H,1-7H2. The van der Waals surface area contributed by atoms with E-state index in [0.717, 1.165) is 0 Å². The van der Waals surface area contributed by atoms with Gasteiger partial charge < -0.3 is 5.32 Å². The van der Waals surface area contributed by atoms with E-state index < -0.39 is 0 Å². The summed E-state index contributed by atoms with van der Waals surface area (Å²) in [5.41, 5.74) is 4.27. The summed E-state index contributed by atoms with van der Waals surface area (Å²) in [4.78, 5) is 4.62. The molecule has 0 aromatic carbocycles. The van der Waals surface area contributed by atoms with Gasteiger partial charge in [-0.05, 0) is 56.2 Å². The normalized spacial score (nSPS) is 25.2. The molecule has 1 atom stereocenters. The number of aryl methyl sites for hydroxylation is 2. The molecule has 0 saturated carbocycles. The van der Waals surface area contributed by atoms with Crippen molar-refractivity contribution in [3.63, 3.8) is 0 Å². The lowest BCUT2D eigenvalue weighted by Gasteiger charge is -2.17. The molecule has 1 unspecified atom stereocenters. The van der Waals surface area contributed by atoms with Gasteiger partial charge in [0.2, 0.25) is 0 Å². The van der Waals surface area contributed by atoms with E-state index in [-0.39, 0.29) is 0 Å². The first kappa shape index (κ1) is 9.34. The van der Waals surface area contributed by atoms with Crippen LogP contribution >= 0.6 is 0 Å². The number of aromatic nitrogens is 1. The average Bonchev–Trinajstić information content (AvgIpc) is 2.82. The van der Waals surface area contributed by atoms with Crippen molar-refractivity contribution < 1.29 is 0 Å². The molecule has 0 spiro atoms. The molecule has 2 aliphatic rings.